The number of carbonyl (C=O) groups excluding carboxylic acids is 1. The molecule has 3 aliphatic carbocycles. The van der Waals surface area contributed by atoms with Gasteiger partial charge in [-0.2, -0.15) is 11.8 Å². The van der Waals surface area contributed by atoms with E-state index in [4.69, 9.17) is 0 Å². The molecule has 0 aromatic heterocycles. The van der Waals surface area contributed by atoms with E-state index in [1.54, 1.807) is 0 Å². The smallest absolute Gasteiger partial charge is 0.225 e. The SMILES string of the molecule is CN=C(NC1CCC(C(=O)N2CCSCC2)CC1)NC1CC1C1CCCCC1.I. The van der Waals surface area contributed by atoms with Crippen molar-refractivity contribution in [3.05, 3.63) is 0 Å². The van der Waals surface area contributed by atoms with Gasteiger partial charge in [-0.3, -0.25) is 9.79 Å². The molecule has 0 aromatic carbocycles. The van der Waals surface area contributed by atoms with Crippen molar-refractivity contribution < 1.29 is 4.79 Å². The highest BCUT2D eigenvalue weighted by molar-refractivity contribution is 14.0. The summed E-state index contributed by atoms with van der Waals surface area (Å²) in [6, 6.07) is 1.09. The first-order valence-corrected chi connectivity index (χ1v) is 12.8. The van der Waals surface area contributed by atoms with Crippen LogP contribution in [-0.2, 0) is 4.79 Å². The Bertz CT molecular complexity index is 555. The molecule has 2 unspecified atom stereocenters. The molecule has 0 bridgehead atoms. The molecule has 4 fully saturated rings. The minimum Gasteiger partial charge on any atom is -0.354 e. The highest BCUT2D eigenvalue weighted by Gasteiger charge is 2.43. The Labute approximate surface area is 198 Å². The Balaban J connectivity index is 0.00000240. The molecule has 3 saturated carbocycles. The topological polar surface area (TPSA) is 56.7 Å². The maximum Gasteiger partial charge on any atom is 0.225 e. The fraction of sp³-hybridized carbons (Fsp3) is 0.909. The number of hydrogen-bond acceptors (Lipinski definition) is 3. The first-order valence-electron chi connectivity index (χ1n) is 11.6. The normalized spacial score (nSPS) is 33.6. The van der Waals surface area contributed by atoms with Crippen molar-refractivity contribution in [3.8, 4) is 0 Å². The zero-order chi connectivity index (χ0) is 19.3. The highest BCUT2D eigenvalue weighted by Crippen LogP contribution is 2.44. The number of aliphatic imine (C=N–C) groups is 1. The zero-order valence-electron chi connectivity index (χ0n) is 17.9. The van der Waals surface area contributed by atoms with E-state index in [1.807, 2.05) is 18.8 Å². The van der Waals surface area contributed by atoms with Crippen LogP contribution in [0.15, 0.2) is 4.99 Å². The molecule has 166 valence electrons. The molecule has 7 heteroatoms. The third-order valence-electron chi connectivity index (χ3n) is 7.38. The van der Waals surface area contributed by atoms with Crippen molar-refractivity contribution in [1.82, 2.24) is 15.5 Å². The van der Waals surface area contributed by atoms with Crippen LogP contribution in [0.5, 0.6) is 0 Å². The van der Waals surface area contributed by atoms with Gasteiger partial charge in [-0.1, -0.05) is 32.1 Å². The summed E-state index contributed by atoms with van der Waals surface area (Å²) in [6.07, 6.45) is 12.7. The summed E-state index contributed by atoms with van der Waals surface area (Å²) in [7, 11) is 1.89. The van der Waals surface area contributed by atoms with Gasteiger partial charge in [0.05, 0.1) is 0 Å². The van der Waals surface area contributed by atoms with Crippen LogP contribution in [0.2, 0.25) is 0 Å². The highest BCUT2D eigenvalue weighted by atomic mass is 127. The zero-order valence-corrected chi connectivity index (χ0v) is 21.1. The molecule has 0 aromatic rings. The Kier molecular flexibility index (Phi) is 9.27. The Hall–Kier alpha value is -0.180. The minimum absolute atomic E-state index is 0. The average molecular weight is 535 g/mol. The van der Waals surface area contributed by atoms with Crippen LogP contribution in [0.3, 0.4) is 0 Å². The molecule has 1 aliphatic heterocycles. The van der Waals surface area contributed by atoms with Gasteiger partial charge in [0.2, 0.25) is 5.91 Å². The lowest BCUT2D eigenvalue weighted by atomic mass is 9.85. The maximum atomic E-state index is 12.7. The van der Waals surface area contributed by atoms with Gasteiger partial charge in [0.25, 0.3) is 0 Å². The lowest BCUT2D eigenvalue weighted by molar-refractivity contribution is -0.136. The Morgan fingerprint density at radius 2 is 1.66 bits per heavy atom. The molecule has 5 nitrogen and oxygen atoms in total. The number of nitrogens with zero attached hydrogens (tertiary/aromatic N) is 2. The Morgan fingerprint density at radius 3 is 2.31 bits per heavy atom. The number of carbonyl (C=O) groups is 1. The van der Waals surface area contributed by atoms with E-state index in [9.17, 15) is 4.79 Å². The quantitative estimate of drug-likeness (QED) is 0.327. The second kappa shape index (κ2) is 11.4. The molecule has 0 radical (unpaired) electrons. The van der Waals surface area contributed by atoms with Crippen LogP contribution in [-0.4, -0.2) is 60.5 Å². The van der Waals surface area contributed by atoms with Gasteiger partial charge in [0, 0.05) is 49.6 Å². The van der Waals surface area contributed by atoms with Crippen molar-refractivity contribution in [2.24, 2.45) is 22.7 Å². The van der Waals surface area contributed by atoms with E-state index in [0.29, 0.717) is 18.0 Å². The van der Waals surface area contributed by atoms with Crippen molar-refractivity contribution >= 4 is 47.6 Å². The molecule has 2 atom stereocenters. The van der Waals surface area contributed by atoms with Gasteiger partial charge >= 0.3 is 0 Å². The summed E-state index contributed by atoms with van der Waals surface area (Å²) < 4.78 is 0. The number of guanidine groups is 1. The van der Waals surface area contributed by atoms with Gasteiger partial charge in [-0.15, -0.1) is 24.0 Å². The molecular formula is C22H39IN4OS. The van der Waals surface area contributed by atoms with Crippen molar-refractivity contribution in [3.63, 3.8) is 0 Å². The van der Waals surface area contributed by atoms with Gasteiger partial charge in [0.15, 0.2) is 5.96 Å². The van der Waals surface area contributed by atoms with E-state index in [0.717, 1.165) is 68.1 Å². The summed E-state index contributed by atoms with van der Waals surface area (Å²) >= 11 is 1.97. The standard InChI is InChI=1S/C22H38N4OS.HI/c1-23-22(25-20-15-19(20)16-5-3-2-4-6-16)24-18-9-7-17(8-10-18)21(27)26-11-13-28-14-12-26;/h16-20H,2-15H2,1H3,(H2,23,24,25);1H. The summed E-state index contributed by atoms with van der Waals surface area (Å²) in [5, 5.41) is 7.33. The molecule has 1 saturated heterocycles. The van der Waals surface area contributed by atoms with Gasteiger partial charge < -0.3 is 15.5 Å². The Morgan fingerprint density at radius 1 is 0.966 bits per heavy atom. The fourth-order valence-electron chi connectivity index (χ4n) is 5.53. The molecule has 2 N–H and O–H groups in total. The largest absolute Gasteiger partial charge is 0.354 e. The fourth-order valence-corrected chi connectivity index (χ4v) is 6.43. The van der Waals surface area contributed by atoms with Crippen LogP contribution in [0, 0.1) is 17.8 Å². The summed E-state index contributed by atoms with van der Waals surface area (Å²) in [6.45, 7) is 1.89. The third kappa shape index (κ3) is 6.40. The molecule has 4 rings (SSSR count). The minimum atomic E-state index is 0. The van der Waals surface area contributed by atoms with Gasteiger partial charge in [-0.25, -0.2) is 0 Å². The number of amides is 1. The monoisotopic (exact) mass is 534 g/mol. The molecule has 29 heavy (non-hydrogen) atoms. The lowest BCUT2D eigenvalue weighted by Gasteiger charge is -2.34. The number of rotatable bonds is 4. The van der Waals surface area contributed by atoms with Crippen molar-refractivity contribution in [2.75, 3.05) is 31.6 Å². The lowest BCUT2D eigenvalue weighted by Crippen LogP contribution is -2.48. The molecule has 0 spiro atoms. The van der Waals surface area contributed by atoms with Crippen molar-refractivity contribution in [1.29, 1.82) is 0 Å². The van der Waals surface area contributed by atoms with Crippen molar-refractivity contribution in [2.45, 2.75) is 76.3 Å². The van der Waals surface area contributed by atoms with Gasteiger partial charge in [0.1, 0.15) is 0 Å². The summed E-state index contributed by atoms with van der Waals surface area (Å²) in [5.74, 6) is 5.66. The van der Waals surface area contributed by atoms with Crippen LogP contribution in [0.25, 0.3) is 0 Å². The van der Waals surface area contributed by atoms with Gasteiger partial charge in [-0.05, 0) is 43.9 Å². The first kappa shape index (κ1) is 23.5. The molecular weight excluding hydrogens is 495 g/mol. The van der Waals surface area contributed by atoms with E-state index in [-0.39, 0.29) is 29.9 Å². The van der Waals surface area contributed by atoms with E-state index >= 15 is 0 Å². The second-order valence-corrected chi connectivity index (χ2v) is 10.5. The molecule has 1 amide bonds. The van der Waals surface area contributed by atoms with E-state index in [1.165, 1.54) is 38.5 Å². The van der Waals surface area contributed by atoms with Crippen LogP contribution >= 0.6 is 35.7 Å². The first-order chi connectivity index (χ1) is 13.7. The number of halogens is 1. The van der Waals surface area contributed by atoms with Crippen LogP contribution < -0.4 is 10.6 Å². The van der Waals surface area contributed by atoms with Crippen LogP contribution in [0.4, 0.5) is 0 Å². The predicted molar refractivity (Wildman–Crippen MR) is 133 cm³/mol. The number of thioether (sulfide) groups is 1. The number of hydrogen-bond donors (Lipinski definition) is 2. The number of nitrogens with one attached hydrogen (secondary N) is 2. The van der Waals surface area contributed by atoms with E-state index < -0.39 is 0 Å². The predicted octanol–water partition coefficient (Wildman–Crippen LogP) is 3.87. The summed E-state index contributed by atoms with van der Waals surface area (Å²) in [4.78, 5) is 19.3. The molecule has 4 aliphatic rings. The third-order valence-corrected chi connectivity index (χ3v) is 8.32. The second-order valence-electron chi connectivity index (χ2n) is 9.25. The van der Waals surface area contributed by atoms with Crippen LogP contribution in [0.1, 0.15) is 64.2 Å². The summed E-state index contributed by atoms with van der Waals surface area (Å²) in [5.41, 5.74) is 0. The average Bonchev–Trinajstić information content (AvgIpc) is 3.54. The van der Waals surface area contributed by atoms with E-state index in [2.05, 4.69) is 20.5 Å². The molecule has 1 heterocycles. The maximum absolute atomic E-state index is 12.7.